The number of hydrogen-bond acceptors (Lipinski definition) is 1. The van der Waals surface area contributed by atoms with Crippen molar-refractivity contribution < 1.29 is 0 Å². The van der Waals surface area contributed by atoms with Crippen molar-refractivity contribution in [2.75, 3.05) is 13.6 Å². The molecule has 60 valence electrons. The molecule has 1 nitrogen and oxygen atoms in total. The fraction of sp³-hybridized carbons (Fsp3) is 1.00. The van der Waals surface area contributed by atoms with E-state index in [-0.39, 0.29) is 24.8 Å². The highest BCUT2D eigenvalue weighted by molar-refractivity contribution is 5.85. The standard InChI is InChI=1S/C6H15N.2ClH/c1-6(2)4-5-7-3;;/h6-7H,4-5H2,1-3H3;2*1H. The Morgan fingerprint density at radius 2 is 1.67 bits per heavy atom. The lowest BCUT2D eigenvalue weighted by Gasteiger charge is -2.00. The van der Waals surface area contributed by atoms with E-state index in [2.05, 4.69) is 19.2 Å². The molecule has 0 amide bonds. The molecule has 0 fully saturated rings. The third-order valence-corrected chi connectivity index (χ3v) is 0.972. The van der Waals surface area contributed by atoms with E-state index in [9.17, 15) is 0 Å². The lowest BCUT2D eigenvalue weighted by Crippen LogP contribution is -2.09. The molecule has 0 aliphatic carbocycles. The molecule has 0 bridgehead atoms. The predicted octanol–water partition coefficient (Wildman–Crippen LogP) is 2.10. The van der Waals surface area contributed by atoms with Crippen molar-refractivity contribution in [1.29, 1.82) is 0 Å². The molecule has 0 spiro atoms. The van der Waals surface area contributed by atoms with Gasteiger partial charge in [-0.1, -0.05) is 13.8 Å². The summed E-state index contributed by atoms with van der Waals surface area (Å²) in [7, 11) is 1.99. The fourth-order valence-electron chi connectivity index (χ4n) is 0.433. The van der Waals surface area contributed by atoms with E-state index >= 15 is 0 Å². The van der Waals surface area contributed by atoms with E-state index < -0.39 is 0 Å². The average Bonchev–Trinajstić information content (AvgIpc) is 1.61. The summed E-state index contributed by atoms with van der Waals surface area (Å²) >= 11 is 0. The van der Waals surface area contributed by atoms with Crippen LogP contribution in [0.1, 0.15) is 20.3 Å². The van der Waals surface area contributed by atoms with Gasteiger partial charge in [-0.15, -0.1) is 24.8 Å². The second-order valence-corrected chi connectivity index (χ2v) is 2.29. The minimum Gasteiger partial charge on any atom is -0.320 e. The molecule has 0 saturated heterocycles. The number of halogens is 2. The summed E-state index contributed by atoms with van der Waals surface area (Å²) in [4.78, 5) is 0. The van der Waals surface area contributed by atoms with Gasteiger partial charge in [0.2, 0.25) is 0 Å². The van der Waals surface area contributed by atoms with Crippen LogP contribution in [0.5, 0.6) is 0 Å². The van der Waals surface area contributed by atoms with Gasteiger partial charge in [0, 0.05) is 0 Å². The highest BCUT2D eigenvalue weighted by Crippen LogP contribution is 1.94. The Morgan fingerprint density at radius 1 is 1.22 bits per heavy atom. The summed E-state index contributed by atoms with van der Waals surface area (Å²) in [6, 6.07) is 0. The maximum absolute atomic E-state index is 3.10. The first kappa shape index (κ1) is 16.3. The molecule has 0 aromatic heterocycles. The van der Waals surface area contributed by atoms with Gasteiger partial charge in [-0.3, -0.25) is 0 Å². The van der Waals surface area contributed by atoms with Gasteiger partial charge in [0.05, 0.1) is 0 Å². The summed E-state index contributed by atoms with van der Waals surface area (Å²) in [5, 5.41) is 3.10. The van der Waals surface area contributed by atoms with Gasteiger partial charge >= 0.3 is 0 Å². The molecule has 1 N–H and O–H groups in total. The summed E-state index contributed by atoms with van der Waals surface area (Å²) in [6.07, 6.45) is 1.29. The number of hydrogen-bond donors (Lipinski definition) is 1. The van der Waals surface area contributed by atoms with Crippen LogP contribution in [-0.2, 0) is 0 Å². The molecule has 0 atom stereocenters. The van der Waals surface area contributed by atoms with Crippen LogP contribution in [0, 0.1) is 5.92 Å². The third-order valence-electron chi connectivity index (χ3n) is 0.972. The van der Waals surface area contributed by atoms with E-state index in [0.717, 1.165) is 12.5 Å². The zero-order chi connectivity index (χ0) is 5.70. The van der Waals surface area contributed by atoms with Gasteiger partial charge in [-0.25, -0.2) is 0 Å². The van der Waals surface area contributed by atoms with Gasteiger partial charge < -0.3 is 5.32 Å². The molecule has 0 aromatic carbocycles. The smallest absolute Gasteiger partial charge is 0.00495 e. The average molecular weight is 174 g/mol. The summed E-state index contributed by atoms with van der Waals surface area (Å²) < 4.78 is 0. The molecular formula is C6H17Cl2N. The van der Waals surface area contributed by atoms with Crippen molar-refractivity contribution in [3.05, 3.63) is 0 Å². The lowest BCUT2D eigenvalue weighted by atomic mass is 10.1. The molecule has 0 unspecified atom stereocenters. The number of rotatable bonds is 3. The molecule has 0 rings (SSSR count). The van der Waals surface area contributed by atoms with E-state index in [1.54, 1.807) is 0 Å². The highest BCUT2D eigenvalue weighted by atomic mass is 35.5. The van der Waals surface area contributed by atoms with Crippen LogP contribution in [0.4, 0.5) is 0 Å². The Bertz CT molecular complexity index is 40.0. The molecular weight excluding hydrogens is 157 g/mol. The molecule has 0 aliphatic heterocycles. The van der Waals surface area contributed by atoms with E-state index in [1.807, 2.05) is 7.05 Å². The zero-order valence-electron chi connectivity index (χ0n) is 6.31. The molecule has 0 radical (unpaired) electrons. The van der Waals surface area contributed by atoms with Gasteiger partial charge in [-0.05, 0) is 25.9 Å². The fourth-order valence-corrected chi connectivity index (χ4v) is 0.433. The minimum absolute atomic E-state index is 0. The van der Waals surface area contributed by atoms with Crippen LogP contribution in [0.15, 0.2) is 0 Å². The van der Waals surface area contributed by atoms with Crippen molar-refractivity contribution >= 4 is 24.8 Å². The van der Waals surface area contributed by atoms with E-state index in [4.69, 9.17) is 0 Å². The molecule has 9 heavy (non-hydrogen) atoms. The van der Waals surface area contributed by atoms with Gasteiger partial charge in [-0.2, -0.15) is 0 Å². The highest BCUT2D eigenvalue weighted by Gasteiger charge is 1.88. The van der Waals surface area contributed by atoms with Crippen molar-refractivity contribution in [2.45, 2.75) is 20.3 Å². The van der Waals surface area contributed by atoms with Crippen molar-refractivity contribution in [2.24, 2.45) is 5.92 Å². The normalized spacial score (nSPS) is 8.00. The largest absolute Gasteiger partial charge is 0.320 e. The van der Waals surface area contributed by atoms with Gasteiger partial charge in [0.25, 0.3) is 0 Å². The topological polar surface area (TPSA) is 12.0 Å². The van der Waals surface area contributed by atoms with E-state index in [0.29, 0.717) is 0 Å². The Balaban J connectivity index is -0.000000180. The lowest BCUT2D eigenvalue weighted by molar-refractivity contribution is 0.562. The molecule has 0 heterocycles. The molecule has 3 heteroatoms. The van der Waals surface area contributed by atoms with Crippen LogP contribution < -0.4 is 5.32 Å². The summed E-state index contributed by atoms with van der Waals surface area (Å²) in [5.74, 6) is 0.840. The Kier molecular flexibility index (Phi) is 20.5. The first-order valence-electron chi connectivity index (χ1n) is 2.92. The number of nitrogens with one attached hydrogen (secondary N) is 1. The summed E-state index contributed by atoms with van der Waals surface area (Å²) in [6.45, 7) is 5.62. The van der Waals surface area contributed by atoms with Crippen LogP contribution >= 0.6 is 24.8 Å². The maximum Gasteiger partial charge on any atom is -0.00495 e. The van der Waals surface area contributed by atoms with Crippen molar-refractivity contribution in [1.82, 2.24) is 5.32 Å². The van der Waals surface area contributed by atoms with Crippen LogP contribution in [0.25, 0.3) is 0 Å². The monoisotopic (exact) mass is 173 g/mol. The third kappa shape index (κ3) is 17.7. The summed E-state index contributed by atoms with van der Waals surface area (Å²) in [5.41, 5.74) is 0. The van der Waals surface area contributed by atoms with Crippen LogP contribution in [-0.4, -0.2) is 13.6 Å². The van der Waals surface area contributed by atoms with Crippen LogP contribution in [0.2, 0.25) is 0 Å². The van der Waals surface area contributed by atoms with Crippen molar-refractivity contribution in [3.8, 4) is 0 Å². The predicted molar refractivity (Wildman–Crippen MR) is 47.9 cm³/mol. The second kappa shape index (κ2) is 11.4. The van der Waals surface area contributed by atoms with Crippen LogP contribution in [0.3, 0.4) is 0 Å². The molecule has 0 aromatic rings. The van der Waals surface area contributed by atoms with E-state index in [1.165, 1.54) is 6.42 Å². The zero-order valence-corrected chi connectivity index (χ0v) is 7.94. The Morgan fingerprint density at radius 3 is 1.78 bits per heavy atom. The van der Waals surface area contributed by atoms with Gasteiger partial charge in [0.15, 0.2) is 0 Å². The second-order valence-electron chi connectivity index (χ2n) is 2.29. The minimum atomic E-state index is 0. The van der Waals surface area contributed by atoms with Gasteiger partial charge in [0.1, 0.15) is 0 Å². The SMILES string of the molecule is CNCCC(C)C.Cl.Cl. The Labute approximate surface area is 70.4 Å². The first-order valence-corrected chi connectivity index (χ1v) is 2.92. The Hall–Kier alpha value is 0.540. The molecule has 0 saturated carbocycles. The van der Waals surface area contributed by atoms with Crippen molar-refractivity contribution in [3.63, 3.8) is 0 Å². The maximum atomic E-state index is 3.10. The first-order chi connectivity index (χ1) is 3.27. The quantitative estimate of drug-likeness (QED) is 0.690. The molecule has 0 aliphatic rings.